The third kappa shape index (κ3) is 1.64. The van der Waals surface area contributed by atoms with Crippen LogP contribution in [0.1, 0.15) is 33.1 Å². The molecule has 2 nitrogen and oxygen atoms in total. The highest BCUT2D eigenvalue weighted by molar-refractivity contribution is 5.00. The van der Waals surface area contributed by atoms with E-state index in [9.17, 15) is 0 Å². The lowest BCUT2D eigenvalue weighted by Crippen LogP contribution is -2.48. The van der Waals surface area contributed by atoms with E-state index in [0.717, 1.165) is 6.54 Å². The summed E-state index contributed by atoms with van der Waals surface area (Å²) in [6.45, 7) is 5.48. The third-order valence-electron chi connectivity index (χ3n) is 3.40. The highest BCUT2D eigenvalue weighted by Crippen LogP contribution is 2.45. The van der Waals surface area contributed by atoms with Gasteiger partial charge in [0.2, 0.25) is 0 Å². The first kappa shape index (κ1) is 10.0. The van der Waals surface area contributed by atoms with Crippen LogP contribution < -0.4 is 5.73 Å². The number of hydrogen-bond acceptors (Lipinski definition) is 2. The number of rotatable bonds is 2. The summed E-state index contributed by atoms with van der Waals surface area (Å²) in [7, 11) is 4.29. The molecule has 0 aliphatic heterocycles. The fraction of sp³-hybridized carbons (Fsp3) is 1.00. The summed E-state index contributed by atoms with van der Waals surface area (Å²) in [5.41, 5.74) is 6.62. The van der Waals surface area contributed by atoms with Crippen molar-refractivity contribution in [1.82, 2.24) is 4.90 Å². The molecule has 0 radical (unpaired) electrons. The van der Waals surface area contributed by atoms with Gasteiger partial charge in [0.1, 0.15) is 0 Å². The Kier molecular flexibility index (Phi) is 2.50. The Balaban J connectivity index is 2.73. The van der Waals surface area contributed by atoms with Gasteiger partial charge in [0.15, 0.2) is 0 Å². The number of nitrogens with two attached hydrogens (primary N) is 1. The average Bonchev–Trinajstić information content (AvgIpc) is 2.27. The van der Waals surface area contributed by atoms with Gasteiger partial charge in [-0.1, -0.05) is 13.8 Å². The molecule has 1 aliphatic rings. The van der Waals surface area contributed by atoms with Gasteiger partial charge in [-0.15, -0.1) is 0 Å². The van der Waals surface area contributed by atoms with E-state index in [1.165, 1.54) is 19.3 Å². The topological polar surface area (TPSA) is 29.3 Å². The minimum Gasteiger partial charge on any atom is -0.329 e. The van der Waals surface area contributed by atoms with Crippen molar-refractivity contribution >= 4 is 0 Å². The molecule has 1 atom stereocenters. The van der Waals surface area contributed by atoms with Crippen LogP contribution in [0.3, 0.4) is 0 Å². The van der Waals surface area contributed by atoms with E-state index in [4.69, 9.17) is 5.73 Å². The third-order valence-corrected chi connectivity index (χ3v) is 3.40. The van der Waals surface area contributed by atoms with Crippen LogP contribution in [-0.2, 0) is 0 Å². The van der Waals surface area contributed by atoms with E-state index < -0.39 is 0 Å². The van der Waals surface area contributed by atoms with E-state index in [2.05, 4.69) is 32.8 Å². The zero-order valence-corrected chi connectivity index (χ0v) is 8.85. The lowest BCUT2D eigenvalue weighted by Gasteiger charge is -2.36. The Labute approximate surface area is 76.1 Å². The minimum absolute atomic E-state index is 0.281. The first-order valence-electron chi connectivity index (χ1n) is 4.79. The molecule has 0 bridgehead atoms. The van der Waals surface area contributed by atoms with Gasteiger partial charge in [-0.25, -0.2) is 0 Å². The molecule has 0 heterocycles. The molecule has 1 rings (SSSR count). The van der Waals surface area contributed by atoms with Crippen molar-refractivity contribution in [2.24, 2.45) is 11.1 Å². The Morgan fingerprint density at radius 3 is 2.00 bits per heavy atom. The highest BCUT2D eigenvalue weighted by Gasteiger charge is 2.43. The van der Waals surface area contributed by atoms with Crippen molar-refractivity contribution in [3.05, 3.63) is 0 Å². The van der Waals surface area contributed by atoms with Crippen molar-refractivity contribution in [2.45, 2.75) is 38.6 Å². The minimum atomic E-state index is 0.281. The highest BCUT2D eigenvalue weighted by atomic mass is 15.2. The van der Waals surface area contributed by atoms with Crippen LogP contribution in [0.15, 0.2) is 0 Å². The summed E-state index contributed by atoms with van der Waals surface area (Å²) < 4.78 is 0. The lowest BCUT2D eigenvalue weighted by atomic mass is 9.87. The Hall–Kier alpha value is -0.0800. The summed E-state index contributed by atoms with van der Waals surface area (Å²) in [5.74, 6) is 0. The van der Waals surface area contributed by atoms with E-state index in [0.29, 0.717) is 5.41 Å². The van der Waals surface area contributed by atoms with Crippen molar-refractivity contribution < 1.29 is 0 Å². The largest absolute Gasteiger partial charge is 0.329 e. The van der Waals surface area contributed by atoms with Crippen LogP contribution in [0.2, 0.25) is 0 Å². The van der Waals surface area contributed by atoms with Gasteiger partial charge in [0.25, 0.3) is 0 Å². The summed E-state index contributed by atoms with van der Waals surface area (Å²) in [4.78, 5) is 2.31. The number of nitrogens with zero attached hydrogens (tertiary/aromatic N) is 1. The van der Waals surface area contributed by atoms with E-state index in [-0.39, 0.29) is 5.54 Å². The van der Waals surface area contributed by atoms with Gasteiger partial charge >= 0.3 is 0 Å². The van der Waals surface area contributed by atoms with Crippen molar-refractivity contribution in [2.75, 3.05) is 20.6 Å². The van der Waals surface area contributed by atoms with Crippen LogP contribution in [-0.4, -0.2) is 31.1 Å². The summed E-state index contributed by atoms with van der Waals surface area (Å²) in [6.07, 6.45) is 3.80. The Morgan fingerprint density at radius 1 is 1.25 bits per heavy atom. The van der Waals surface area contributed by atoms with Crippen molar-refractivity contribution in [3.63, 3.8) is 0 Å². The van der Waals surface area contributed by atoms with Gasteiger partial charge in [0, 0.05) is 12.1 Å². The van der Waals surface area contributed by atoms with Gasteiger partial charge in [-0.3, -0.25) is 0 Å². The molecule has 1 saturated carbocycles. The van der Waals surface area contributed by atoms with Gasteiger partial charge < -0.3 is 10.6 Å². The first-order chi connectivity index (χ1) is 5.42. The molecule has 2 heteroatoms. The second-order valence-corrected chi connectivity index (χ2v) is 5.16. The van der Waals surface area contributed by atoms with E-state index in [1.54, 1.807) is 0 Å². The quantitative estimate of drug-likeness (QED) is 0.680. The monoisotopic (exact) mass is 170 g/mol. The molecule has 72 valence electrons. The first-order valence-corrected chi connectivity index (χ1v) is 4.79. The molecule has 0 aromatic heterocycles. The molecule has 1 aliphatic carbocycles. The molecule has 0 saturated heterocycles. The van der Waals surface area contributed by atoms with Crippen LogP contribution in [0, 0.1) is 5.41 Å². The molecule has 0 amide bonds. The second kappa shape index (κ2) is 3.00. The summed E-state index contributed by atoms with van der Waals surface area (Å²) in [5, 5.41) is 0. The molecule has 1 unspecified atom stereocenters. The molecular weight excluding hydrogens is 148 g/mol. The predicted octanol–water partition coefficient (Wildman–Crippen LogP) is 1.46. The van der Waals surface area contributed by atoms with E-state index in [1.807, 2.05) is 0 Å². The van der Waals surface area contributed by atoms with Crippen LogP contribution in [0.25, 0.3) is 0 Å². The molecule has 1 fully saturated rings. The lowest BCUT2D eigenvalue weighted by molar-refractivity contribution is 0.150. The number of likely N-dealkylation sites (N-methyl/N-ethyl adjacent to an activating group) is 1. The SMILES string of the molecule is CN(C)C1(CN)CCC(C)(C)C1. The smallest absolute Gasteiger partial charge is 0.0330 e. The molecule has 0 aromatic carbocycles. The van der Waals surface area contributed by atoms with Gasteiger partial charge in [-0.05, 0) is 38.8 Å². The van der Waals surface area contributed by atoms with E-state index >= 15 is 0 Å². The maximum atomic E-state index is 5.85. The van der Waals surface area contributed by atoms with Crippen molar-refractivity contribution in [1.29, 1.82) is 0 Å². The van der Waals surface area contributed by atoms with Crippen LogP contribution in [0.4, 0.5) is 0 Å². The summed E-state index contributed by atoms with van der Waals surface area (Å²) >= 11 is 0. The van der Waals surface area contributed by atoms with Gasteiger partial charge in [-0.2, -0.15) is 0 Å². The molecular formula is C10H22N2. The fourth-order valence-electron chi connectivity index (χ4n) is 2.38. The maximum Gasteiger partial charge on any atom is 0.0330 e. The molecule has 2 N–H and O–H groups in total. The number of hydrogen-bond donors (Lipinski definition) is 1. The standard InChI is InChI=1S/C10H22N2/c1-9(2)5-6-10(7-9,8-11)12(3)4/h5-8,11H2,1-4H3. The molecule has 0 aromatic rings. The maximum absolute atomic E-state index is 5.85. The fourth-order valence-corrected chi connectivity index (χ4v) is 2.38. The summed E-state index contributed by atoms with van der Waals surface area (Å²) in [6, 6.07) is 0. The average molecular weight is 170 g/mol. The van der Waals surface area contributed by atoms with Crippen LogP contribution in [0.5, 0.6) is 0 Å². The Bertz CT molecular complexity index is 163. The predicted molar refractivity (Wildman–Crippen MR) is 53.1 cm³/mol. The zero-order valence-electron chi connectivity index (χ0n) is 8.85. The van der Waals surface area contributed by atoms with Gasteiger partial charge in [0.05, 0.1) is 0 Å². The normalized spacial score (nSPS) is 34.5. The second-order valence-electron chi connectivity index (χ2n) is 5.16. The molecule has 12 heavy (non-hydrogen) atoms. The van der Waals surface area contributed by atoms with Crippen molar-refractivity contribution in [3.8, 4) is 0 Å². The molecule has 0 spiro atoms. The Morgan fingerprint density at radius 2 is 1.83 bits per heavy atom. The zero-order chi connectivity index (χ0) is 9.41. The van der Waals surface area contributed by atoms with Crippen LogP contribution >= 0.6 is 0 Å².